The first-order chi connectivity index (χ1) is 4.77. The zero-order valence-corrected chi connectivity index (χ0v) is 7.08. The molecule has 0 saturated heterocycles. The van der Waals surface area contributed by atoms with Crippen LogP contribution in [0.5, 0.6) is 0 Å². The Morgan fingerprint density at radius 2 is 2.40 bits per heavy atom. The summed E-state index contributed by atoms with van der Waals surface area (Å²) in [5.74, 6) is 1.66. The average molecular weight is 152 g/mol. The van der Waals surface area contributed by atoms with Crippen LogP contribution in [0.2, 0.25) is 0 Å². The number of allylic oxidation sites excluding steroid dienone is 2. The Labute approximate surface area is 67.3 Å². The average Bonchev–Trinajstić information content (AvgIpc) is 2.44. The zero-order valence-electron chi connectivity index (χ0n) is 6.26. The Balaban J connectivity index is 2.17. The van der Waals surface area contributed by atoms with Crippen LogP contribution in [0.15, 0.2) is 11.6 Å². The predicted molar refractivity (Wildman–Crippen MR) is 47.2 cm³/mol. The minimum Gasteiger partial charge on any atom is -0.0897 e. The van der Waals surface area contributed by atoms with Crippen LogP contribution < -0.4 is 0 Å². The quantitative estimate of drug-likeness (QED) is 0.411. The highest BCUT2D eigenvalue weighted by molar-refractivity contribution is 7.80. The van der Waals surface area contributed by atoms with E-state index in [0.29, 0.717) is 0 Å². The molecule has 2 aliphatic rings. The molecule has 1 fully saturated rings. The van der Waals surface area contributed by atoms with Gasteiger partial charge in [-0.2, -0.15) is 0 Å². The van der Waals surface area contributed by atoms with Gasteiger partial charge in [-0.25, -0.2) is 0 Å². The lowest BCUT2D eigenvalue weighted by Crippen LogP contribution is -2.14. The lowest BCUT2D eigenvalue weighted by atomic mass is 9.90. The predicted octanol–water partition coefficient (Wildman–Crippen LogP) is 2.73. The molecule has 54 valence electrons. The number of thiocarbonyl (C=S) groups is 1. The van der Waals surface area contributed by atoms with Crippen molar-refractivity contribution in [1.29, 1.82) is 0 Å². The molecule has 2 aliphatic carbocycles. The Bertz CT molecular complexity index is 203. The summed E-state index contributed by atoms with van der Waals surface area (Å²) >= 11 is 5.19. The minimum absolute atomic E-state index is 0.759. The van der Waals surface area contributed by atoms with Crippen molar-refractivity contribution in [2.45, 2.75) is 26.2 Å². The van der Waals surface area contributed by atoms with Crippen LogP contribution in [0, 0.1) is 11.8 Å². The molecule has 0 aromatic heterocycles. The molecule has 0 radical (unpaired) electrons. The Kier molecular flexibility index (Phi) is 1.41. The summed E-state index contributed by atoms with van der Waals surface area (Å²) in [6.45, 7) is 2.10. The number of fused-ring (bicyclic) bond motifs is 2. The van der Waals surface area contributed by atoms with Crippen molar-refractivity contribution >= 4 is 17.1 Å². The fraction of sp³-hybridized carbons (Fsp3) is 0.667. The lowest BCUT2D eigenvalue weighted by molar-refractivity contribution is 0.495. The first-order valence-electron chi connectivity index (χ1n) is 3.95. The van der Waals surface area contributed by atoms with Gasteiger partial charge in [-0.15, -0.1) is 0 Å². The van der Waals surface area contributed by atoms with Gasteiger partial charge in [0.05, 0.1) is 0 Å². The number of rotatable bonds is 1. The van der Waals surface area contributed by atoms with Crippen LogP contribution in [-0.2, 0) is 0 Å². The van der Waals surface area contributed by atoms with Gasteiger partial charge in [0, 0.05) is 0 Å². The van der Waals surface area contributed by atoms with Crippen LogP contribution in [-0.4, -0.2) is 4.86 Å². The van der Waals surface area contributed by atoms with E-state index >= 15 is 0 Å². The third-order valence-corrected chi connectivity index (χ3v) is 3.11. The molecule has 2 atom stereocenters. The van der Waals surface area contributed by atoms with Gasteiger partial charge in [0.15, 0.2) is 0 Å². The smallest absolute Gasteiger partial charge is 0.00294 e. The van der Waals surface area contributed by atoms with E-state index in [-0.39, 0.29) is 0 Å². The van der Waals surface area contributed by atoms with Crippen molar-refractivity contribution in [3.8, 4) is 0 Å². The van der Waals surface area contributed by atoms with E-state index in [2.05, 4.69) is 13.0 Å². The molecule has 0 aromatic rings. The van der Waals surface area contributed by atoms with Gasteiger partial charge in [0.25, 0.3) is 0 Å². The molecule has 1 heteroatoms. The van der Waals surface area contributed by atoms with Crippen molar-refractivity contribution in [3.63, 3.8) is 0 Å². The largest absolute Gasteiger partial charge is 0.0897 e. The maximum absolute atomic E-state index is 5.19. The molecule has 0 aliphatic heterocycles. The van der Waals surface area contributed by atoms with Crippen molar-refractivity contribution in [2.24, 2.45) is 11.8 Å². The SMILES string of the molecule is CC(=S)C1CC2=CCC1C2. The van der Waals surface area contributed by atoms with E-state index in [4.69, 9.17) is 12.2 Å². The van der Waals surface area contributed by atoms with Gasteiger partial charge < -0.3 is 0 Å². The molecule has 0 aromatic carbocycles. The van der Waals surface area contributed by atoms with Crippen LogP contribution in [0.4, 0.5) is 0 Å². The fourth-order valence-corrected chi connectivity index (χ4v) is 2.50. The second kappa shape index (κ2) is 2.16. The summed E-state index contributed by atoms with van der Waals surface area (Å²) in [5.41, 5.74) is 1.67. The van der Waals surface area contributed by atoms with Crippen molar-refractivity contribution in [1.82, 2.24) is 0 Å². The maximum Gasteiger partial charge on any atom is -0.00294 e. The molecule has 0 amide bonds. The topological polar surface area (TPSA) is 0 Å². The monoisotopic (exact) mass is 152 g/mol. The molecule has 1 saturated carbocycles. The lowest BCUT2D eigenvalue weighted by Gasteiger charge is -2.16. The summed E-state index contributed by atoms with van der Waals surface area (Å²) in [6, 6.07) is 0. The van der Waals surface area contributed by atoms with Crippen LogP contribution in [0.25, 0.3) is 0 Å². The Hall–Kier alpha value is -0.170. The first kappa shape index (κ1) is 6.53. The molecule has 0 N–H and O–H groups in total. The number of hydrogen-bond donors (Lipinski definition) is 0. The third-order valence-electron chi connectivity index (χ3n) is 2.81. The molecule has 0 heterocycles. The molecule has 10 heavy (non-hydrogen) atoms. The highest BCUT2D eigenvalue weighted by atomic mass is 32.1. The molecule has 0 nitrogen and oxygen atoms in total. The summed E-state index contributed by atoms with van der Waals surface area (Å²) < 4.78 is 0. The van der Waals surface area contributed by atoms with Crippen molar-refractivity contribution < 1.29 is 0 Å². The van der Waals surface area contributed by atoms with Crippen LogP contribution >= 0.6 is 12.2 Å². The maximum atomic E-state index is 5.19. The van der Waals surface area contributed by atoms with E-state index < -0.39 is 0 Å². The van der Waals surface area contributed by atoms with Gasteiger partial charge in [0.1, 0.15) is 0 Å². The van der Waals surface area contributed by atoms with E-state index in [1.807, 2.05) is 0 Å². The van der Waals surface area contributed by atoms with Gasteiger partial charge in [-0.3, -0.25) is 0 Å². The molecule has 2 bridgehead atoms. The standard InChI is InChI=1S/C9H12S/c1-6(10)9-5-7-2-3-8(9)4-7/h2,8-9H,3-5H2,1H3. The highest BCUT2D eigenvalue weighted by Crippen LogP contribution is 2.44. The van der Waals surface area contributed by atoms with Crippen molar-refractivity contribution in [2.75, 3.05) is 0 Å². The molecular formula is C9H12S. The molecule has 2 unspecified atom stereocenters. The summed E-state index contributed by atoms with van der Waals surface area (Å²) in [5, 5.41) is 0. The fourth-order valence-electron chi connectivity index (χ4n) is 2.22. The van der Waals surface area contributed by atoms with Crippen molar-refractivity contribution in [3.05, 3.63) is 11.6 Å². The van der Waals surface area contributed by atoms with Gasteiger partial charge in [0.2, 0.25) is 0 Å². The molecule has 2 rings (SSSR count). The second-order valence-electron chi connectivity index (χ2n) is 3.48. The third kappa shape index (κ3) is 0.842. The highest BCUT2D eigenvalue weighted by Gasteiger charge is 2.34. The Morgan fingerprint density at radius 1 is 1.60 bits per heavy atom. The summed E-state index contributed by atoms with van der Waals surface area (Å²) in [7, 11) is 0. The minimum atomic E-state index is 0.759. The van der Waals surface area contributed by atoms with E-state index in [1.54, 1.807) is 5.57 Å². The van der Waals surface area contributed by atoms with Gasteiger partial charge in [-0.1, -0.05) is 23.9 Å². The number of hydrogen-bond acceptors (Lipinski definition) is 1. The molecular weight excluding hydrogens is 140 g/mol. The van der Waals surface area contributed by atoms with Crippen LogP contribution in [0.3, 0.4) is 0 Å². The first-order valence-corrected chi connectivity index (χ1v) is 4.36. The summed E-state index contributed by atoms with van der Waals surface area (Å²) in [6.07, 6.45) is 6.33. The second-order valence-corrected chi connectivity index (χ2v) is 4.13. The van der Waals surface area contributed by atoms with Crippen LogP contribution in [0.1, 0.15) is 26.2 Å². The summed E-state index contributed by atoms with van der Waals surface area (Å²) in [4.78, 5) is 1.23. The van der Waals surface area contributed by atoms with E-state index in [9.17, 15) is 0 Å². The normalized spacial score (nSPS) is 36.3. The van der Waals surface area contributed by atoms with E-state index in [0.717, 1.165) is 11.8 Å². The zero-order chi connectivity index (χ0) is 7.14. The van der Waals surface area contributed by atoms with E-state index in [1.165, 1.54) is 24.1 Å². The van der Waals surface area contributed by atoms with Gasteiger partial charge in [-0.05, 0) is 42.9 Å². The molecule has 0 spiro atoms. The Morgan fingerprint density at radius 3 is 2.70 bits per heavy atom. The van der Waals surface area contributed by atoms with Gasteiger partial charge >= 0.3 is 0 Å².